The quantitative estimate of drug-likeness (QED) is 0.376. The molecule has 9 nitrogen and oxygen atoms in total. The lowest BCUT2D eigenvalue weighted by molar-refractivity contribution is -0.385. The summed E-state index contributed by atoms with van der Waals surface area (Å²) in [4.78, 5) is 30.6. The van der Waals surface area contributed by atoms with Crippen molar-refractivity contribution in [2.24, 2.45) is 0 Å². The summed E-state index contributed by atoms with van der Waals surface area (Å²) in [5.41, 5.74) is 0.499. The summed E-state index contributed by atoms with van der Waals surface area (Å²) in [5.74, 6) is 1.13. The number of aryl methyl sites for hydroxylation is 1. The van der Waals surface area contributed by atoms with Crippen molar-refractivity contribution in [1.82, 2.24) is 15.0 Å². The third-order valence-corrected chi connectivity index (χ3v) is 6.19. The van der Waals surface area contributed by atoms with Gasteiger partial charge in [-0.25, -0.2) is 0 Å². The van der Waals surface area contributed by atoms with Crippen LogP contribution in [0, 0.1) is 17.0 Å². The second kappa shape index (κ2) is 9.25. The number of nitro groups is 1. The van der Waals surface area contributed by atoms with E-state index in [1.807, 2.05) is 17.5 Å². The molecule has 31 heavy (non-hydrogen) atoms. The van der Waals surface area contributed by atoms with Crippen LogP contribution in [-0.2, 0) is 11.3 Å². The molecule has 1 aromatic carbocycles. The number of carbonyl (C=O) groups excluding carboxylic acids is 1. The molecule has 0 aliphatic heterocycles. The molecule has 10 heteroatoms. The molecule has 3 aromatic rings. The largest absolute Gasteiger partial charge is 0.484 e. The van der Waals surface area contributed by atoms with E-state index in [4.69, 9.17) is 9.26 Å². The van der Waals surface area contributed by atoms with Gasteiger partial charge in [-0.2, -0.15) is 4.98 Å². The molecule has 0 N–H and O–H groups in total. The lowest BCUT2D eigenvalue weighted by atomic mass is 10.2. The molecule has 0 unspecified atom stereocenters. The minimum absolute atomic E-state index is 0.0178. The number of amides is 1. The lowest BCUT2D eigenvalue weighted by Crippen LogP contribution is -2.41. The molecule has 1 amide bonds. The van der Waals surface area contributed by atoms with Crippen LogP contribution in [0.2, 0.25) is 0 Å². The molecule has 0 saturated heterocycles. The Bertz CT molecular complexity index is 1060. The van der Waals surface area contributed by atoms with E-state index in [0.717, 1.165) is 30.6 Å². The number of nitrogens with zero attached hydrogens (tertiary/aromatic N) is 4. The molecule has 1 aliphatic carbocycles. The van der Waals surface area contributed by atoms with Gasteiger partial charge in [-0.3, -0.25) is 14.9 Å². The summed E-state index contributed by atoms with van der Waals surface area (Å²) in [6, 6.07) is 8.39. The molecular weight excluding hydrogens is 420 g/mol. The Morgan fingerprint density at radius 2 is 2.16 bits per heavy atom. The number of nitro benzene ring substituents is 1. The standard InChI is InChI=1S/C21H22N4O5S/c1-14-11-16(8-9-17(14)25(27)28)29-13-20(26)24(15-5-2-3-6-15)12-19-22-21(23-30-19)18-7-4-10-31-18/h4,7-11,15H,2-3,5-6,12-13H2,1H3. The van der Waals surface area contributed by atoms with Crippen LogP contribution in [0.15, 0.2) is 40.2 Å². The van der Waals surface area contributed by atoms with Crippen LogP contribution >= 0.6 is 11.3 Å². The summed E-state index contributed by atoms with van der Waals surface area (Å²) < 4.78 is 11.0. The first-order chi connectivity index (χ1) is 15.0. The Morgan fingerprint density at radius 1 is 1.35 bits per heavy atom. The van der Waals surface area contributed by atoms with Crippen LogP contribution in [-0.4, -0.2) is 38.5 Å². The fourth-order valence-corrected chi connectivity index (χ4v) is 4.41. The Labute approximate surface area is 182 Å². The third-order valence-electron chi connectivity index (χ3n) is 5.33. The first-order valence-corrected chi connectivity index (χ1v) is 10.9. The predicted molar refractivity (Wildman–Crippen MR) is 114 cm³/mol. The number of rotatable bonds is 8. The normalized spacial score (nSPS) is 14.0. The fourth-order valence-electron chi connectivity index (χ4n) is 3.76. The molecule has 1 saturated carbocycles. The van der Waals surface area contributed by atoms with Gasteiger partial charge in [0, 0.05) is 17.7 Å². The Morgan fingerprint density at radius 3 is 2.84 bits per heavy atom. The minimum Gasteiger partial charge on any atom is -0.484 e. The zero-order chi connectivity index (χ0) is 21.8. The van der Waals surface area contributed by atoms with Gasteiger partial charge in [0.1, 0.15) is 12.3 Å². The molecular formula is C21H22N4O5S. The molecule has 2 heterocycles. The maximum atomic E-state index is 13.0. The van der Waals surface area contributed by atoms with Crippen molar-refractivity contribution >= 4 is 22.9 Å². The van der Waals surface area contributed by atoms with Crippen LogP contribution in [0.5, 0.6) is 5.75 Å². The molecule has 0 radical (unpaired) electrons. The zero-order valence-electron chi connectivity index (χ0n) is 17.0. The van der Waals surface area contributed by atoms with Crippen molar-refractivity contribution in [3.05, 3.63) is 57.3 Å². The first kappa shape index (κ1) is 21.0. The number of thiophene rings is 1. The maximum Gasteiger partial charge on any atom is 0.272 e. The van der Waals surface area contributed by atoms with Crippen molar-refractivity contribution in [1.29, 1.82) is 0 Å². The van der Waals surface area contributed by atoms with Crippen LogP contribution in [0.4, 0.5) is 5.69 Å². The summed E-state index contributed by atoms with van der Waals surface area (Å²) in [7, 11) is 0. The van der Waals surface area contributed by atoms with Gasteiger partial charge in [0.2, 0.25) is 11.7 Å². The number of hydrogen-bond acceptors (Lipinski definition) is 8. The molecule has 1 fully saturated rings. The monoisotopic (exact) mass is 442 g/mol. The van der Waals surface area contributed by atoms with Gasteiger partial charge in [-0.05, 0) is 43.3 Å². The van der Waals surface area contributed by atoms with Crippen LogP contribution in [0.3, 0.4) is 0 Å². The highest BCUT2D eigenvalue weighted by Gasteiger charge is 2.29. The summed E-state index contributed by atoms with van der Waals surface area (Å²) >= 11 is 1.52. The van der Waals surface area contributed by atoms with Gasteiger partial charge in [0.25, 0.3) is 11.6 Å². The Kier molecular flexibility index (Phi) is 6.26. The number of benzene rings is 1. The van der Waals surface area contributed by atoms with E-state index in [-0.39, 0.29) is 30.8 Å². The van der Waals surface area contributed by atoms with Crippen molar-refractivity contribution in [2.45, 2.75) is 45.2 Å². The van der Waals surface area contributed by atoms with Crippen molar-refractivity contribution in [3.63, 3.8) is 0 Å². The summed E-state index contributed by atoms with van der Waals surface area (Å²) in [5, 5.41) is 16.9. The minimum atomic E-state index is -0.444. The van der Waals surface area contributed by atoms with E-state index >= 15 is 0 Å². The predicted octanol–water partition coefficient (Wildman–Crippen LogP) is 4.36. The van der Waals surface area contributed by atoms with Gasteiger partial charge in [-0.1, -0.05) is 24.1 Å². The number of hydrogen-bond donors (Lipinski definition) is 0. The highest BCUT2D eigenvalue weighted by atomic mass is 32.1. The lowest BCUT2D eigenvalue weighted by Gasteiger charge is -2.27. The molecule has 1 aliphatic rings. The van der Waals surface area contributed by atoms with Gasteiger partial charge in [-0.15, -0.1) is 11.3 Å². The van der Waals surface area contributed by atoms with E-state index < -0.39 is 4.92 Å². The number of carbonyl (C=O) groups is 1. The van der Waals surface area contributed by atoms with E-state index in [1.54, 1.807) is 17.9 Å². The van der Waals surface area contributed by atoms with E-state index in [2.05, 4.69) is 10.1 Å². The van der Waals surface area contributed by atoms with Gasteiger partial charge >= 0.3 is 0 Å². The average molecular weight is 442 g/mol. The van der Waals surface area contributed by atoms with Crippen molar-refractivity contribution < 1.29 is 19.0 Å². The molecule has 162 valence electrons. The van der Waals surface area contributed by atoms with Crippen molar-refractivity contribution in [3.8, 4) is 16.5 Å². The summed E-state index contributed by atoms with van der Waals surface area (Å²) in [6.07, 6.45) is 3.99. The SMILES string of the molecule is Cc1cc(OCC(=O)N(Cc2nc(-c3cccs3)no2)C2CCCC2)ccc1[N+](=O)[O-]. The smallest absolute Gasteiger partial charge is 0.272 e. The topological polar surface area (TPSA) is 112 Å². The molecule has 2 aromatic heterocycles. The second-order valence-electron chi connectivity index (χ2n) is 7.44. The average Bonchev–Trinajstić information content (AvgIpc) is 3.52. The second-order valence-corrected chi connectivity index (χ2v) is 8.39. The van der Waals surface area contributed by atoms with E-state index in [9.17, 15) is 14.9 Å². The Hall–Kier alpha value is -3.27. The highest BCUT2D eigenvalue weighted by Crippen LogP contribution is 2.27. The zero-order valence-corrected chi connectivity index (χ0v) is 17.8. The van der Waals surface area contributed by atoms with Gasteiger partial charge < -0.3 is 14.2 Å². The third kappa shape index (κ3) is 4.91. The van der Waals surface area contributed by atoms with E-state index in [1.165, 1.54) is 23.5 Å². The first-order valence-electron chi connectivity index (χ1n) is 10.0. The molecule has 0 spiro atoms. The number of ether oxygens (including phenoxy) is 1. The van der Waals surface area contributed by atoms with Gasteiger partial charge in [0.05, 0.1) is 9.80 Å². The van der Waals surface area contributed by atoms with Crippen LogP contribution in [0.25, 0.3) is 10.7 Å². The van der Waals surface area contributed by atoms with E-state index in [0.29, 0.717) is 23.0 Å². The Balaban J connectivity index is 1.44. The molecule has 4 rings (SSSR count). The van der Waals surface area contributed by atoms with Gasteiger partial charge in [0.15, 0.2) is 6.61 Å². The maximum absolute atomic E-state index is 13.0. The molecule has 0 atom stereocenters. The van der Waals surface area contributed by atoms with Crippen molar-refractivity contribution in [2.75, 3.05) is 6.61 Å². The number of aromatic nitrogens is 2. The molecule has 0 bridgehead atoms. The fraction of sp³-hybridized carbons (Fsp3) is 0.381. The summed E-state index contributed by atoms with van der Waals surface area (Å²) in [6.45, 7) is 1.70. The highest BCUT2D eigenvalue weighted by molar-refractivity contribution is 7.13. The van der Waals surface area contributed by atoms with Crippen LogP contribution in [0.1, 0.15) is 37.1 Å². The van der Waals surface area contributed by atoms with Crippen LogP contribution < -0.4 is 4.74 Å².